The van der Waals surface area contributed by atoms with Crippen molar-refractivity contribution in [2.24, 2.45) is 4.99 Å². The van der Waals surface area contributed by atoms with Gasteiger partial charge in [-0.25, -0.2) is 0 Å². The van der Waals surface area contributed by atoms with Crippen molar-refractivity contribution in [1.29, 1.82) is 0 Å². The van der Waals surface area contributed by atoms with Crippen LogP contribution in [0.15, 0.2) is 4.99 Å². The number of hydrogen-bond donors (Lipinski definition) is 0. The van der Waals surface area contributed by atoms with Gasteiger partial charge >= 0.3 is 6.18 Å². The molecule has 0 N–H and O–H groups in total. The van der Waals surface area contributed by atoms with Crippen LogP contribution >= 0.6 is 0 Å². The molecule has 0 heterocycles. The first-order chi connectivity index (χ1) is 6.77. The third-order valence-corrected chi connectivity index (χ3v) is 1.70. The van der Waals surface area contributed by atoms with E-state index in [1.807, 2.05) is 20.8 Å². The van der Waals surface area contributed by atoms with Crippen LogP contribution in [0.1, 0.15) is 40.5 Å². The van der Waals surface area contributed by atoms with E-state index in [9.17, 15) is 13.2 Å². The van der Waals surface area contributed by atoms with E-state index in [2.05, 4.69) is 10.3 Å². The Labute approximate surface area is 110 Å². The normalized spacial score (nSPS) is 14.6. The summed E-state index contributed by atoms with van der Waals surface area (Å²) in [5, 5.41) is 3.60. The van der Waals surface area contributed by atoms with Crippen LogP contribution in [-0.2, 0) is 21.7 Å². The summed E-state index contributed by atoms with van der Waals surface area (Å²) in [6.45, 7) is 6.59. The Hall–Kier alpha value is -0.0257. The smallest absolute Gasteiger partial charge is 0.390 e. The van der Waals surface area contributed by atoms with Gasteiger partial charge in [0.1, 0.15) is 0 Å². The van der Waals surface area contributed by atoms with Crippen LogP contribution in [0.25, 0.3) is 5.32 Å². The zero-order chi connectivity index (χ0) is 12.1. The minimum absolute atomic E-state index is 0. The number of amidine groups is 1. The summed E-state index contributed by atoms with van der Waals surface area (Å²) in [7, 11) is 0. The van der Waals surface area contributed by atoms with Gasteiger partial charge in [-0.3, -0.25) is 0 Å². The summed E-state index contributed by atoms with van der Waals surface area (Å²) in [6.07, 6.45) is -3.02. The second kappa shape index (κ2) is 8.12. The molecule has 1 unspecified atom stereocenters. The van der Waals surface area contributed by atoms with Crippen molar-refractivity contribution in [3.63, 3.8) is 0 Å². The van der Waals surface area contributed by atoms with E-state index in [1.54, 1.807) is 0 Å². The molecule has 2 nitrogen and oxygen atoms in total. The van der Waals surface area contributed by atoms with Crippen LogP contribution in [-0.4, -0.2) is 24.1 Å². The molecule has 0 saturated carbocycles. The molecule has 0 amide bonds. The molecule has 0 aromatic rings. The number of halogens is 3. The van der Waals surface area contributed by atoms with E-state index >= 15 is 0 Å². The fourth-order valence-corrected chi connectivity index (χ4v) is 0.981. The van der Waals surface area contributed by atoms with Crippen LogP contribution in [0, 0.1) is 0 Å². The quantitative estimate of drug-likeness (QED) is 0.421. The van der Waals surface area contributed by atoms with Gasteiger partial charge in [-0.05, 0) is 12.5 Å². The van der Waals surface area contributed by atoms with Crippen LogP contribution in [0.4, 0.5) is 13.2 Å². The summed E-state index contributed by atoms with van der Waals surface area (Å²) in [5.74, 6) is 0.317. The van der Waals surface area contributed by atoms with Gasteiger partial charge in [0.05, 0.1) is 6.04 Å². The molecule has 0 aliphatic rings. The third-order valence-electron chi connectivity index (χ3n) is 1.70. The number of aliphatic imine (C=N–C) groups is 1. The predicted molar refractivity (Wildman–Crippen MR) is 56.4 cm³/mol. The zero-order valence-electron chi connectivity index (χ0n) is 10.1. The molecule has 0 aromatic heterocycles. The first-order valence-electron chi connectivity index (χ1n) is 5.11. The maximum atomic E-state index is 12.2. The van der Waals surface area contributed by atoms with Crippen molar-refractivity contribution in [1.82, 2.24) is 0 Å². The molecule has 6 heteroatoms. The summed E-state index contributed by atoms with van der Waals surface area (Å²) in [5.41, 5.74) is 0. The minimum atomic E-state index is -4.27. The van der Waals surface area contributed by atoms with Crippen molar-refractivity contribution in [2.75, 3.05) is 0 Å². The molecule has 94 valence electrons. The molecular weight excluding hydrogens is 253 g/mol. The first-order valence-corrected chi connectivity index (χ1v) is 5.11. The third kappa shape index (κ3) is 8.16. The van der Waals surface area contributed by atoms with E-state index in [-0.39, 0.29) is 27.8 Å². The van der Waals surface area contributed by atoms with Gasteiger partial charge in [-0.2, -0.15) is 13.2 Å². The van der Waals surface area contributed by atoms with Gasteiger partial charge in [-0.1, -0.05) is 40.0 Å². The van der Waals surface area contributed by atoms with Crippen molar-refractivity contribution in [2.45, 2.75) is 58.8 Å². The Balaban J connectivity index is 0. The topological polar surface area (TPSA) is 26.5 Å². The Morgan fingerprint density at radius 3 is 2.06 bits per heavy atom. The maximum absolute atomic E-state index is 12.2. The summed E-state index contributed by atoms with van der Waals surface area (Å²) >= 11 is 0. The second-order valence-corrected chi connectivity index (χ2v) is 3.74. The van der Waals surface area contributed by atoms with Gasteiger partial charge < -0.3 is 10.3 Å². The summed E-state index contributed by atoms with van der Waals surface area (Å²) < 4.78 is 36.7. The van der Waals surface area contributed by atoms with E-state index in [0.29, 0.717) is 12.3 Å². The average molecular weight is 271 g/mol. The van der Waals surface area contributed by atoms with Crippen LogP contribution < -0.4 is 0 Å². The monoisotopic (exact) mass is 271 g/mol. The SMILES string of the molecule is CCCC(=NC(C)C)[N-]C(C)C(F)(F)F.[Ti]. The number of rotatable bonds is 4. The molecule has 0 saturated heterocycles. The van der Waals surface area contributed by atoms with Crippen LogP contribution in [0.2, 0.25) is 0 Å². The van der Waals surface area contributed by atoms with Crippen LogP contribution in [0.5, 0.6) is 0 Å². The molecule has 0 aromatic carbocycles. The number of alkyl halides is 3. The molecular formula is C10H18F3N2Ti-. The summed E-state index contributed by atoms with van der Waals surface area (Å²) in [4.78, 5) is 4.07. The van der Waals surface area contributed by atoms with Crippen molar-refractivity contribution in [3.8, 4) is 0 Å². The molecule has 0 aliphatic carbocycles. The molecule has 0 radical (unpaired) electrons. The largest absolute Gasteiger partial charge is 0.466 e. The van der Waals surface area contributed by atoms with Crippen LogP contribution in [0.3, 0.4) is 0 Å². The van der Waals surface area contributed by atoms with Gasteiger partial charge in [0.15, 0.2) is 0 Å². The van der Waals surface area contributed by atoms with Gasteiger partial charge in [0, 0.05) is 21.7 Å². The first kappa shape index (κ1) is 18.3. The fourth-order valence-electron chi connectivity index (χ4n) is 0.981. The van der Waals surface area contributed by atoms with E-state index in [1.165, 1.54) is 0 Å². The molecule has 16 heavy (non-hydrogen) atoms. The van der Waals surface area contributed by atoms with Gasteiger partial charge in [0.25, 0.3) is 0 Å². The Morgan fingerprint density at radius 2 is 1.75 bits per heavy atom. The Bertz CT molecular complexity index is 215. The van der Waals surface area contributed by atoms with Gasteiger partial charge in [-0.15, -0.1) is 0 Å². The Morgan fingerprint density at radius 1 is 1.25 bits per heavy atom. The number of nitrogens with zero attached hydrogens (tertiary/aromatic N) is 2. The Kier molecular flexibility index (Phi) is 9.31. The molecule has 0 spiro atoms. The van der Waals surface area contributed by atoms with Crippen molar-refractivity contribution in [3.05, 3.63) is 5.32 Å². The minimum Gasteiger partial charge on any atom is -0.466 e. The standard InChI is InChI=1S/C10H18F3N2.Ti/c1-5-6-9(14-7(2)3)15-8(4)10(11,12)13;/h7-8H,5-6H2,1-4H3;/q-1;. The van der Waals surface area contributed by atoms with Crippen molar-refractivity contribution >= 4 is 5.84 Å². The molecule has 0 rings (SSSR count). The molecule has 0 aliphatic heterocycles. The predicted octanol–water partition coefficient (Wildman–Crippen LogP) is 3.92. The molecule has 1 atom stereocenters. The van der Waals surface area contributed by atoms with Crippen molar-refractivity contribution < 1.29 is 34.9 Å². The molecule has 0 fully saturated rings. The summed E-state index contributed by atoms with van der Waals surface area (Å²) in [6, 6.07) is -1.68. The van der Waals surface area contributed by atoms with E-state index in [4.69, 9.17) is 0 Å². The average Bonchev–Trinajstić information content (AvgIpc) is 2.01. The second-order valence-electron chi connectivity index (χ2n) is 3.74. The van der Waals surface area contributed by atoms with Gasteiger partial charge in [0.2, 0.25) is 0 Å². The van der Waals surface area contributed by atoms with E-state index < -0.39 is 12.2 Å². The van der Waals surface area contributed by atoms with E-state index in [0.717, 1.165) is 13.3 Å². The molecule has 0 bridgehead atoms. The zero-order valence-corrected chi connectivity index (χ0v) is 11.7. The number of hydrogen-bond acceptors (Lipinski definition) is 1. The maximum Gasteiger partial charge on any atom is 0.390 e. The fraction of sp³-hybridized carbons (Fsp3) is 0.900.